The normalized spacial score (nSPS) is 16.9. The van der Waals surface area contributed by atoms with Crippen LogP contribution in [0.25, 0.3) is 10.6 Å². The fraction of sp³-hybridized carbons (Fsp3) is 0.500. The highest BCUT2D eigenvalue weighted by molar-refractivity contribution is 7.19. The van der Waals surface area contributed by atoms with Crippen molar-refractivity contribution >= 4 is 28.8 Å². The van der Waals surface area contributed by atoms with Crippen LogP contribution in [0.15, 0.2) is 22.7 Å². The lowest BCUT2D eigenvalue weighted by atomic mass is 9.79. The zero-order valence-electron chi connectivity index (χ0n) is 13.4. The topological polar surface area (TPSA) is 76.4 Å². The Morgan fingerprint density at radius 1 is 1.50 bits per heavy atom. The molecule has 0 bridgehead atoms. The van der Waals surface area contributed by atoms with Gasteiger partial charge in [0.05, 0.1) is 15.8 Å². The molecule has 2 aromatic heterocycles. The van der Waals surface area contributed by atoms with Gasteiger partial charge in [-0.2, -0.15) is 0 Å². The maximum absolute atomic E-state index is 12.4. The van der Waals surface area contributed by atoms with Crippen LogP contribution in [0.5, 0.6) is 0 Å². The third-order valence-corrected chi connectivity index (χ3v) is 5.54. The van der Waals surface area contributed by atoms with E-state index in [-0.39, 0.29) is 17.0 Å². The smallest absolute Gasteiger partial charge is 0.273 e. The lowest BCUT2D eigenvalue weighted by Gasteiger charge is -2.37. The summed E-state index contributed by atoms with van der Waals surface area (Å²) in [5.41, 5.74) is 0.250. The van der Waals surface area contributed by atoms with E-state index < -0.39 is 0 Å². The van der Waals surface area contributed by atoms with Gasteiger partial charge in [0, 0.05) is 25.1 Å². The SMILES string of the molecule is COCC1(CNC(=O)c2cc(-c3ccc(Cl)s3)on2)CCNCC1. The fourth-order valence-electron chi connectivity index (χ4n) is 2.94. The minimum Gasteiger partial charge on any atom is -0.384 e. The Labute approximate surface area is 149 Å². The van der Waals surface area contributed by atoms with Crippen molar-refractivity contribution in [3.8, 4) is 10.6 Å². The molecule has 1 saturated heterocycles. The average Bonchev–Trinajstić information content (AvgIpc) is 3.23. The molecule has 2 N–H and O–H groups in total. The second-order valence-corrected chi connectivity index (χ2v) is 7.76. The monoisotopic (exact) mass is 369 g/mol. The number of piperidine rings is 1. The molecule has 24 heavy (non-hydrogen) atoms. The van der Waals surface area contributed by atoms with E-state index in [4.69, 9.17) is 20.9 Å². The largest absolute Gasteiger partial charge is 0.384 e. The summed E-state index contributed by atoms with van der Waals surface area (Å²) in [4.78, 5) is 13.2. The molecular formula is C16H20ClN3O3S. The van der Waals surface area contributed by atoms with Gasteiger partial charge < -0.3 is 19.9 Å². The second kappa shape index (κ2) is 7.65. The van der Waals surface area contributed by atoms with Crippen molar-refractivity contribution < 1.29 is 14.1 Å². The molecule has 1 aliphatic heterocycles. The fourth-order valence-corrected chi connectivity index (χ4v) is 3.93. The molecule has 1 amide bonds. The van der Waals surface area contributed by atoms with Crippen molar-refractivity contribution in [2.24, 2.45) is 5.41 Å². The molecule has 0 atom stereocenters. The molecule has 130 valence electrons. The van der Waals surface area contributed by atoms with E-state index in [0.717, 1.165) is 30.8 Å². The number of hydrogen-bond donors (Lipinski definition) is 2. The van der Waals surface area contributed by atoms with Gasteiger partial charge in [-0.3, -0.25) is 4.79 Å². The van der Waals surface area contributed by atoms with Crippen molar-refractivity contribution in [1.82, 2.24) is 15.8 Å². The number of carbonyl (C=O) groups is 1. The van der Waals surface area contributed by atoms with Crippen LogP contribution in [0.3, 0.4) is 0 Å². The van der Waals surface area contributed by atoms with Crippen LogP contribution in [0.1, 0.15) is 23.3 Å². The van der Waals surface area contributed by atoms with Gasteiger partial charge in [0.25, 0.3) is 5.91 Å². The van der Waals surface area contributed by atoms with Gasteiger partial charge in [-0.15, -0.1) is 11.3 Å². The Bertz CT molecular complexity index is 689. The summed E-state index contributed by atoms with van der Waals surface area (Å²) in [6.07, 6.45) is 1.94. The quantitative estimate of drug-likeness (QED) is 0.818. The van der Waals surface area contributed by atoms with Crippen LogP contribution in [0.4, 0.5) is 0 Å². The lowest BCUT2D eigenvalue weighted by molar-refractivity contribution is 0.0510. The van der Waals surface area contributed by atoms with E-state index in [0.29, 0.717) is 23.2 Å². The number of nitrogens with one attached hydrogen (secondary N) is 2. The van der Waals surface area contributed by atoms with Gasteiger partial charge in [0.1, 0.15) is 0 Å². The first-order valence-electron chi connectivity index (χ1n) is 7.82. The highest BCUT2D eigenvalue weighted by Crippen LogP contribution is 2.31. The van der Waals surface area contributed by atoms with Crippen LogP contribution in [-0.4, -0.2) is 44.4 Å². The summed E-state index contributed by atoms with van der Waals surface area (Å²) in [5, 5.41) is 10.2. The van der Waals surface area contributed by atoms with Crippen LogP contribution in [-0.2, 0) is 4.74 Å². The number of halogens is 1. The number of carbonyl (C=O) groups excluding carboxylic acids is 1. The zero-order valence-corrected chi connectivity index (χ0v) is 15.0. The summed E-state index contributed by atoms with van der Waals surface area (Å²) in [6, 6.07) is 5.27. The van der Waals surface area contributed by atoms with Gasteiger partial charge in [-0.1, -0.05) is 16.8 Å². The average molecular weight is 370 g/mol. The standard InChI is InChI=1S/C16H20ClN3O3S/c1-22-10-16(4-6-18-7-5-16)9-19-15(21)11-8-12(23-20-11)13-2-3-14(17)24-13/h2-3,8,18H,4-7,9-10H2,1H3,(H,19,21). The Morgan fingerprint density at radius 2 is 2.29 bits per heavy atom. The van der Waals surface area contributed by atoms with Crippen molar-refractivity contribution in [3.05, 3.63) is 28.2 Å². The maximum Gasteiger partial charge on any atom is 0.273 e. The number of nitrogens with zero attached hydrogens (tertiary/aromatic N) is 1. The van der Waals surface area contributed by atoms with Crippen molar-refractivity contribution in [3.63, 3.8) is 0 Å². The van der Waals surface area contributed by atoms with Crippen LogP contribution >= 0.6 is 22.9 Å². The molecule has 1 fully saturated rings. The molecule has 3 rings (SSSR count). The van der Waals surface area contributed by atoms with Crippen LogP contribution in [0, 0.1) is 5.41 Å². The lowest BCUT2D eigenvalue weighted by Crippen LogP contribution is -2.47. The first kappa shape index (κ1) is 17.4. The van der Waals surface area contributed by atoms with E-state index in [1.54, 1.807) is 19.2 Å². The Kier molecular flexibility index (Phi) is 5.55. The Hall–Kier alpha value is -1.41. The number of hydrogen-bond acceptors (Lipinski definition) is 6. The predicted octanol–water partition coefficient (Wildman–Crippen LogP) is 2.80. The summed E-state index contributed by atoms with van der Waals surface area (Å²) in [5.74, 6) is 0.312. The van der Waals surface area contributed by atoms with E-state index in [1.165, 1.54) is 11.3 Å². The van der Waals surface area contributed by atoms with E-state index in [2.05, 4.69) is 15.8 Å². The van der Waals surface area contributed by atoms with Gasteiger partial charge >= 0.3 is 0 Å². The molecule has 0 aliphatic carbocycles. The number of aromatic nitrogens is 1. The first-order chi connectivity index (χ1) is 11.6. The van der Waals surface area contributed by atoms with Crippen molar-refractivity contribution in [1.29, 1.82) is 0 Å². The minimum atomic E-state index is -0.235. The highest BCUT2D eigenvalue weighted by Gasteiger charge is 2.32. The van der Waals surface area contributed by atoms with E-state index >= 15 is 0 Å². The Morgan fingerprint density at radius 3 is 2.96 bits per heavy atom. The molecule has 0 aromatic carbocycles. The van der Waals surface area contributed by atoms with Gasteiger partial charge in [0.2, 0.25) is 0 Å². The number of thiophene rings is 1. The van der Waals surface area contributed by atoms with Gasteiger partial charge in [-0.05, 0) is 38.1 Å². The third kappa shape index (κ3) is 3.97. The molecule has 0 saturated carbocycles. The molecule has 6 nitrogen and oxygen atoms in total. The number of rotatable bonds is 6. The van der Waals surface area contributed by atoms with Gasteiger partial charge in [0.15, 0.2) is 11.5 Å². The van der Waals surface area contributed by atoms with E-state index in [1.807, 2.05) is 6.07 Å². The molecule has 8 heteroatoms. The van der Waals surface area contributed by atoms with Crippen LogP contribution < -0.4 is 10.6 Å². The molecule has 0 radical (unpaired) electrons. The van der Waals surface area contributed by atoms with E-state index in [9.17, 15) is 4.79 Å². The predicted molar refractivity (Wildman–Crippen MR) is 93.6 cm³/mol. The number of amides is 1. The molecule has 2 aromatic rings. The second-order valence-electron chi connectivity index (χ2n) is 6.05. The summed E-state index contributed by atoms with van der Waals surface area (Å²) in [7, 11) is 1.70. The molecule has 0 spiro atoms. The number of methoxy groups -OCH3 is 1. The maximum atomic E-state index is 12.4. The summed E-state index contributed by atoms with van der Waals surface area (Å²) >= 11 is 7.31. The summed E-state index contributed by atoms with van der Waals surface area (Å²) < 4.78 is 11.3. The Balaban J connectivity index is 1.63. The van der Waals surface area contributed by atoms with Crippen LogP contribution in [0.2, 0.25) is 4.34 Å². The van der Waals surface area contributed by atoms with Gasteiger partial charge in [-0.25, -0.2) is 0 Å². The molecule has 0 unspecified atom stereocenters. The number of ether oxygens (including phenoxy) is 1. The molecular weight excluding hydrogens is 350 g/mol. The minimum absolute atomic E-state index is 0.0243. The van der Waals surface area contributed by atoms with Crippen molar-refractivity contribution in [2.45, 2.75) is 12.8 Å². The van der Waals surface area contributed by atoms with Crippen molar-refractivity contribution in [2.75, 3.05) is 33.4 Å². The zero-order chi connectivity index (χ0) is 17.0. The molecule has 3 heterocycles. The third-order valence-electron chi connectivity index (χ3n) is 4.30. The highest BCUT2D eigenvalue weighted by atomic mass is 35.5. The summed E-state index contributed by atoms with van der Waals surface area (Å²) in [6.45, 7) is 3.07. The molecule has 1 aliphatic rings. The first-order valence-corrected chi connectivity index (χ1v) is 9.02.